The molecule has 1 rings (SSSR count). The van der Waals surface area contributed by atoms with Gasteiger partial charge in [-0.1, -0.05) is 18.2 Å². The number of rotatable bonds is 6. The number of para-hydroxylation sites is 1. The zero-order valence-corrected chi connectivity index (χ0v) is 11.2. The zero-order chi connectivity index (χ0) is 12.9. The third-order valence-electron chi connectivity index (χ3n) is 2.70. The van der Waals surface area contributed by atoms with Crippen molar-refractivity contribution in [3.05, 3.63) is 29.8 Å². The second kappa shape index (κ2) is 6.03. The lowest BCUT2D eigenvalue weighted by Gasteiger charge is -2.33. The Kier molecular flexibility index (Phi) is 4.97. The van der Waals surface area contributed by atoms with Crippen molar-refractivity contribution in [2.75, 3.05) is 13.2 Å². The molecule has 0 spiro atoms. The fourth-order valence-electron chi connectivity index (χ4n) is 2.05. The molecule has 0 aliphatic carbocycles. The van der Waals surface area contributed by atoms with Crippen molar-refractivity contribution in [2.24, 2.45) is 0 Å². The van der Waals surface area contributed by atoms with E-state index in [2.05, 4.69) is 19.2 Å². The van der Waals surface area contributed by atoms with Crippen LogP contribution >= 0.6 is 0 Å². The summed E-state index contributed by atoms with van der Waals surface area (Å²) in [4.78, 5) is 0. The quantitative estimate of drug-likeness (QED) is 0.797. The minimum Gasteiger partial charge on any atom is -0.494 e. The van der Waals surface area contributed by atoms with Gasteiger partial charge in [-0.05, 0) is 33.8 Å². The molecule has 0 radical (unpaired) electrons. The number of aliphatic hydroxyl groups excluding tert-OH is 1. The van der Waals surface area contributed by atoms with Gasteiger partial charge in [0.2, 0.25) is 0 Å². The van der Waals surface area contributed by atoms with Crippen LogP contribution in [0, 0.1) is 0 Å². The van der Waals surface area contributed by atoms with Gasteiger partial charge in [-0.3, -0.25) is 0 Å². The Balaban J connectivity index is 3.09. The summed E-state index contributed by atoms with van der Waals surface area (Å²) >= 11 is 0. The molecule has 1 aromatic rings. The minimum absolute atomic E-state index is 0.0370. The summed E-state index contributed by atoms with van der Waals surface area (Å²) in [6, 6.07) is 8.14. The maximum atomic E-state index is 9.66. The van der Waals surface area contributed by atoms with Gasteiger partial charge in [-0.2, -0.15) is 0 Å². The summed E-state index contributed by atoms with van der Waals surface area (Å²) in [5.41, 5.74) is 0.526. The van der Waals surface area contributed by atoms with Crippen molar-refractivity contribution in [3.63, 3.8) is 0 Å². The minimum atomic E-state index is -0.472. The molecule has 0 heterocycles. The highest BCUT2D eigenvalue weighted by Crippen LogP contribution is 2.30. The predicted octanol–water partition coefficient (Wildman–Crippen LogP) is 2.29. The van der Waals surface area contributed by atoms with Crippen LogP contribution in [-0.4, -0.2) is 24.4 Å². The van der Waals surface area contributed by atoms with Crippen LogP contribution in [0.4, 0.5) is 0 Å². The van der Waals surface area contributed by atoms with Crippen LogP contribution < -0.4 is 10.1 Å². The summed E-state index contributed by atoms with van der Waals surface area (Å²) < 4.78 is 5.62. The summed E-state index contributed by atoms with van der Waals surface area (Å²) in [7, 11) is 0. The highest BCUT2D eigenvalue weighted by Gasteiger charge is 2.29. The molecular formula is C14H23NO2. The average molecular weight is 237 g/mol. The molecule has 0 amide bonds. The van der Waals surface area contributed by atoms with Crippen molar-refractivity contribution in [2.45, 2.75) is 39.3 Å². The molecule has 3 heteroatoms. The van der Waals surface area contributed by atoms with Crippen LogP contribution in [0.5, 0.6) is 5.75 Å². The molecule has 0 saturated carbocycles. The molecule has 0 saturated heterocycles. The van der Waals surface area contributed by atoms with Crippen LogP contribution in [0.25, 0.3) is 0 Å². The Hall–Kier alpha value is -1.06. The molecule has 0 aromatic heterocycles. The Morgan fingerprint density at radius 3 is 2.53 bits per heavy atom. The molecule has 3 nitrogen and oxygen atoms in total. The largest absolute Gasteiger partial charge is 0.494 e. The second-order valence-corrected chi connectivity index (χ2v) is 4.72. The van der Waals surface area contributed by atoms with Gasteiger partial charge in [0.15, 0.2) is 0 Å². The van der Waals surface area contributed by atoms with E-state index in [4.69, 9.17) is 4.74 Å². The number of aliphatic hydroxyl groups is 1. The van der Waals surface area contributed by atoms with Gasteiger partial charge in [-0.15, -0.1) is 0 Å². The van der Waals surface area contributed by atoms with E-state index in [1.807, 2.05) is 38.1 Å². The maximum absolute atomic E-state index is 9.66. The fourth-order valence-corrected chi connectivity index (χ4v) is 2.05. The van der Waals surface area contributed by atoms with E-state index < -0.39 is 5.54 Å². The lowest BCUT2D eigenvalue weighted by atomic mass is 9.91. The third-order valence-corrected chi connectivity index (χ3v) is 2.70. The van der Waals surface area contributed by atoms with Crippen molar-refractivity contribution in [1.29, 1.82) is 0 Å². The van der Waals surface area contributed by atoms with E-state index in [9.17, 15) is 5.11 Å². The Labute approximate surface area is 104 Å². The summed E-state index contributed by atoms with van der Waals surface area (Å²) in [5, 5.41) is 13.1. The van der Waals surface area contributed by atoms with Crippen molar-refractivity contribution < 1.29 is 9.84 Å². The third kappa shape index (κ3) is 3.45. The predicted molar refractivity (Wildman–Crippen MR) is 70.3 cm³/mol. The number of benzene rings is 1. The van der Waals surface area contributed by atoms with E-state index in [0.29, 0.717) is 12.6 Å². The van der Waals surface area contributed by atoms with Gasteiger partial charge >= 0.3 is 0 Å². The van der Waals surface area contributed by atoms with Crippen LogP contribution in [0.2, 0.25) is 0 Å². The van der Waals surface area contributed by atoms with Gasteiger partial charge in [0.05, 0.1) is 18.8 Å². The Morgan fingerprint density at radius 2 is 2.00 bits per heavy atom. The van der Waals surface area contributed by atoms with Crippen LogP contribution in [0.1, 0.15) is 33.3 Å². The van der Waals surface area contributed by atoms with Gasteiger partial charge < -0.3 is 15.2 Å². The van der Waals surface area contributed by atoms with Crippen molar-refractivity contribution in [1.82, 2.24) is 5.32 Å². The highest BCUT2D eigenvalue weighted by atomic mass is 16.5. The normalized spacial score (nSPS) is 14.7. The molecule has 1 unspecified atom stereocenters. The van der Waals surface area contributed by atoms with E-state index >= 15 is 0 Å². The molecule has 0 aliphatic rings. The topological polar surface area (TPSA) is 41.5 Å². The fraction of sp³-hybridized carbons (Fsp3) is 0.571. The molecule has 0 fully saturated rings. The molecule has 2 N–H and O–H groups in total. The number of hydrogen-bond donors (Lipinski definition) is 2. The summed E-state index contributed by atoms with van der Waals surface area (Å²) in [6.07, 6.45) is 0. The standard InChI is InChI=1S/C14H23NO2/c1-5-17-13-9-7-6-8-12(13)14(4,10-16)15-11(2)3/h6-9,11,15-16H,5,10H2,1-4H3. The molecule has 96 valence electrons. The van der Waals surface area contributed by atoms with E-state index in [0.717, 1.165) is 11.3 Å². The van der Waals surface area contributed by atoms with Crippen molar-refractivity contribution >= 4 is 0 Å². The van der Waals surface area contributed by atoms with E-state index in [1.165, 1.54) is 0 Å². The zero-order valence-electron chi connectivity index (χ0n) is 11.2. The molecule has 0 aliphatic heterocycles. The molecule has 17 heavy (non-hydrogen) atoms. The Bertz CT molecular complexity index is 352. The Morgan fingerprint density at radius 1 is 1.35 bits per heavy atom. The first-order valence-electron chi connectivity index (χ1n) is 6.14. The first kappa shape index (κ1) is 14.0. The first-order chi connectivity index (χ1) is 8.03. The first-order valence-corrected chi connectivity index (χ1v) is 6.14. The lowest BCUT2D eigenvalue weighted by Crippen LogP contribution is -2.46. The molecule has 1 atom stereocenters. The molecule has 0 bridgehead atoms. The van der Waals surface area contributed by atoms with E-state index in [-0.39, 0.29) is 6.61 Å². The SMILES string of the molecule is CCOc1ccccc1C(C)(CO)NC(C)C. The van der Waals surface area contributed by atoms with Crippen LogP contribution in [0.3, 0.4) is 0 Å². The average Bonchev–Trinajstić information content (AvgIpc) is 2.29. The van der Waals surface area contributed by atoms with E-state index in [1.54, 1.807) is 0 Å². The van der Waals surface area contributed by atoms with Crippen molar-refractivity contribution in [3.8, 4) is 5.75 Å². The maximum Gasteiger partial charge on any atom is 0.124 e. The highest BCUT2D eigenvalue weighted by molar-refractivity contribution is 5.39. The monoisotopic (exact) mass is 237 g/mol. The van der Waals surface area contributed by atoms with Crippen LogP contribution in [0.15, 0.2) is 24.3 Å². The second-order valence-electron chi connectivity index (χ2n) is 4.72. The number of nitrogens with one attached hydrogen (secondary N) is 1. The van der Waals surface area contributed by atoms with Gasteiger partial charge in [0, 0.05) is 11.6 Å². The summed E-state index contributed by atoms with van der Waals surface area (Å²) in [6.45, 7) is 8.75. The number of hydrogen-bond acceptors (Lipinski definition) is 3. The number of ether oxygens (including phenoxy) is 1. The van der Waals surface area contributed by atoms with Gasteiger partial charge in [0.25, 0.3) is 0 Å². The van der Waals surface area contributed by atoms with Crippen LogP contribution in [-0.2, 0) is 5.54 Å². The molecular weight excluding hydrogens is 214 g/mol. The van der Waals surface area contributed by atoms with Gasteiger partial charge in [-0.25, -0.2) is 0 Å². The molecule has 1 aromatic carbocycles. The smallest absolute Gasteiger partial charge is 0.124 e. The lowest BCUT2D eigenvalue weighted by molar-refractivity contribution is 0.161. The van der Waals surface area contributed by atoms with Gasteiger partial charge in [0.1, 0.15) is 5.75 Å². The summed E-state index contributed by atoms with van der Waals surface area (Å²) in [5.74, 6) is 0.833.